The third-order valence-corrected chi connectivity index (χ3v) is 3.35. The van der Waals surface area contributed by atoms with Crippen LogP contribution < -0.4 is 5.32 Å². The van der Waals surface area contributed by atoms with Crippen molar-refractivity contribution in [3.63, 3.8) is 0 Å². The summed E-state index contributed by atoms with van der Waals surface area (Å²) in [6.45, 7) is 7.21. The molecule has 0 aliphatic rings. The van der Waals surface area contributed by atoms with E-state index in [1.165, 1.54) is 11.1 Å². The predicted octanol–water partition coefficient (Wildman–Crippen LogP) is 3.22. The van der Waals surface area contributed by atoms with E-state index in [9.17, 15) is 0 Å². The summed E-state index contributed by atoms with van der Waals surface area (Å²) in [7, 11) is 0. The Hall–Kier alpha value is -1.68. The van der Waals surface area contributed by atoms with E-state index in [2.05, 4.69) is 60.6 Å². The Balaban J connectivity index is 1.95. The predicted molar refractivity (Wildman–Crippen MR) is 79.6 cm³/mol. The Bertz CT molecular complexity index is 536. The quantitative estimate of drug-likeness (QED) is 0.841. The second-order valence-corrected chi connectivity index (χ2v) is 5.04. The summed E-state index contributed by atoms with van der Waals surface area (Å²) in [6, 6.07) is 8.70. The van der Waals surface area contributed by atoms with E-state index < -0.39 is 0 Å². The highest BCUT2D eigenvalue weighted by Gasteiger charge is 2.15. The van der Waals surface area contributed by atoms with Gasteiger partial charge in [-0.1, -0.05) is 43.7 Å². The van der Waals surface area contributed by atoms with E-state index >= 15 is 0 Å². The Labute approximate surface area is 120 Å². The van der Waals surface area contributed by atoms with E-state index in [-0.39, 0.29) is 6.04 Å². The second kappa shape index (κ2) is 7.20. The van der Waals surface area contributed by atoms with Gasteiger partial charge in [0.15, 0.2) is 0 Å². The van der Waals surface area contributed by atoms with Gasteiger partial charge in [0, 0.05) is 6.42 Å². The van der Waals surface area contributed by atoms with Crippen LogP contribution in [0.3, 0.4) is 0 Å². The molecule has 0 saturated heterocycles. The molecule has 0 saturated carbocycles. The van der Waals surface area contributed by atoms with Crippen molar-refractivity contribution in [1.82, 2.24) is 15.5 Å². The van der Waals surface area contributed by atoms with E-state index in [4.69, 9.17) is 4.42 Å². The summed E-state index contributed by atoms with van der Waals surface area (Å²) in [5.74, 6) is 1.42. The molecule has 1 heterocycles. The van der Waals surface area contributed by atoms with Crippen LogP contribution in [0.2, 0.25) is 0 Å². The molecule has 1 aromatic heterocycles. The van der Waals surface area contributed by atoms with Crippen LogP contribution in [-0.4, -0.2) is 16.7 Å². The lowest BCUT2D eigenvalue weighted by molar-refractivity contribution is 0.376. The van der Waals surface area contributed by atoms with Gasteiger partial charge in [0.1, 0.15) is 0 Å². The molecular formula is C16H23N3O. The first kappa shape index (κ1) is 14.7. The third-order valence-electron chi connectivity index (χ3n) is 3.35. The molecule has 1 N–H and O–H groups in total. The molecule has 0 aliphatic heterocycles. The molecule has 1 atom stereocenters. The number of hydrogen-bond acceptors (Lipinski definition) is 4. The Morgan fingerprint density at radius 1 is 1.20 bits per heavy atom. The minimum atomic E-state index is 0.167. The average molecular weight is 273 g/mol. The molecule has 0 radical (unpaired) electrons. The van der Waals surface area contributed by atoms with Gasteiger partial charge in [0.05, 0.1) is 6.04 Å². The summed E-state index contributed by atoms with van der Waals surface area (Å²) < 4.78 is 5.76. The molecule has 4 nitrogen and oxygen atoms in total. The van der Waals surface area contributed by atoms with E-state index in [1.54, 1.807) is 0 Å². The standard InChI is InChI=1S/C16H23N3O/c1-4-14(17-5-2)16-19-18-15(20-16)10-9-13-8-6-7-12(3)11-13/h6-8,11,14,17H,4-5,9-10H2,1-3H3. The van der Waals surface area contributed by atoms with Crippen LogP contribution >= 0.6 is 0 Å². The maximum atomic E-state index is 5.76. The van der Waals surface area contributed by atoms with Crippen molar-refractivity contribution in [1.29, 1.82) is 0 Å². The molecule has 1 unspecified atom stereocenters. The summed E-state index contributed by atoms with van der Waals surface area (Å²) in [6.07, 6.45) is 2.67. The maximum absolute atomic E-state index is 5.76. The highest BCUT2D eigenvalue weighted by Crippen LogP contribution is 2.16. The minimum Gasteiger partial charge on any atom is -0.424 e. The van der Waals surface area contributed by atoms with E-state index in [0.717, 1.165) is 31.7 Å². The fourth-order valence-corrected chi connectivity index (χ4v) is 2.28. The number of benzene rings is 1. The largest absolute Gasteiger partial charge is 0.424 e. The van der Waals surface area contributed by atoms with Gasteiger partial charge in [-0.05, 0) is 31.9 Å². The zero-order valence-electron chi connectivity index (χ0n) is 12.5. The lowest BCUT2D eigenvalue weighted by Gasteiger charge is -2.10. The molecule has 4 heteroatoms. The lowest BCUT2D eigenvalue weighted by Crippen LogP contribution is -2.20. The fraction of sp³-hybridized carbons (Fsp3) is 0.500. The van der Waals surface area contributed by atoms with Gasteiger partial charge in [-0.3, -0.25) is 0 Å². The van der Waals surface area contributed by atoms with Crippen LogP contribution in [0.25, 0.3) is 0 Å². The molecule has 0 bridgehead atoms. The van der Waals surface area contributed by atoms with Crippen molar-refractivity contribution < 1.29 is 4.42 Å². The summed E-state index contributed by atoms with van der Waals surface area (Å²) in [4.78, 5) is 0. The van der Waals surface area contributed by atoms with Crippen molar-refractivity contribution in [3.8, 4) is 0 Å². The van der Waals surface area contributed by atoms with E-state index in [0.29, 0.717) is 5.89 Å². The van der Waals surface area contributed by atoms with Crippen LogP contribution in [-0.2, 0) is 12.8 Å². The molecular weight excluding hydrogens is 250 g/mol. The molecule has 108 valence electrons. The monoisotopic (exact) mass is 273 g/mol. The number of nitrogens with zero attached hydrogens (tertiary/aromatic N) is 2. The number of nitrogens with one attached hydrogen (secondary N) is 1. The van der Waals surface area contributed by atoms with Crippen LogP contribution in [0, 0.1) is 6.92 Å². The normalized spacial score (nSPS) is 12.6. The highest BCUT2D eigenvalue weighted by molar-refractivity contribution is 5.22. The van der Waals surface area contributed by atoms with Crippen molar-refractivity contribution in [2.24, 2.45) is 0 Å². The topological polar surface area (TPSA) is 51.0 Å². The molecule has 0 spiro atoms. The molecule has 2 rings (SSSR count). The van der Waals surface area contributed by atoms with Gasteiger partial charge in [0.2, 0.25) is 11.8 Å². The summed E-state index contributed by atoms with van der Waals surface area (Å²) in [5.41, 5.74) is 2.59. The van der Waals surface area contributed by atoms with Crippen LogP contribution in [0.1, 0.15) is 49.2 Å². The first-order valence-corrected chi connectivity index (χ1v) is 7.34. The van der Waals surface area contributed by atoms with Crippen LogP contribution in [0.5, 0.6) is 0 Å². The zero-order chi connectivity index (χ0) is 14.4. The van der Waals surface area contributed by atoms with E-state index in [1.807, 2.05) is 0 Å². The van der Waals surface area contributed by atoms with Crippen molar-refractivity contribution in [2.75, 3.05) is 6.54 Å². The van der Waals surface area contributed by atoms with Gasteiger partial charge < -0.3 is 9.73 Å². The summed E-state index contributed by atoms with van der Waals surface area (Å²) >= 11 is 0. The molecule has 20 heavy (non-hydrogen) atoms. The highest BCUT2D eigenvalue weighted by atomic mass is 16.4. The third kappa shape index (κ3) is 3.90. The van der Waals surface area contributed by atoms with Gasteiger partial charge >= 0.3 is 0 Å². The molecule has 2 aromatic rings. The molecule has 0 fully saturated rings. The van der Waals surface area contributed by atoms with Crippen LogP contribution in [0.4, 0.5) is 0 Å². The van der Waals surface area contributed by atoms with Crippen molar-refractivity contribution in [3.05, 3.63) is 47.2 Å². The fourth-order valence-electron chi connectivity index (χ4n) is 2.28. The van der Waals surface area contributed by atoms with Crippen molar-refractivity contribution >= 4 is 0 Å². The van der Waals surface area contributed by atoms with Crippen molar-refractivity contribution in [2.45, 2.75) is 46.1 Å². The van der Waals surface area contributed by atoms with Gasteiger partial charge in [0.25, 0.3) is 0 Å². The lowest BCUT2D eigenvalue weighted by atomic mass is 10.1. The molecule has 0 amide bonds. The maximum Gasteiger partial charge on any atom is 0.233 e. The summed E-state index contributed by atoms with van der Waals surface area (Å²) in [5, 5.41) is 11.7. The molecule has 0 aliphatic carbocycles. The smallest absolute Gasteiger partial charge is 0.233 e. The average Bonchev–Trinajstić information content (AvgIpc) is 2.91. The second-order valence-electron chi connectivity index (χ2n) is 5.04. The Morgan fingerprint density at radius 3 is 2.75 bits per heavy atom. The first-order chi connectivity index (χ1) is 9.72. The van der Waals surface area contributed by atoms with Gasteiger partial charge in [-0.2, -0.15) is 0 Å². The number of hydrogen-bond donors (Lipinski definition) is 1. The number of rotatable bonds is 7. The van der Waals surface area contributed by atoms with Crippen LogP contribution in [0.15, 0.2) is 28.7 Å². The van der Waals surface area contributed by atoms with Gasteiger partial charge in [-0.15, -0.1) is 10.2 Å². The number of aromatic nitrogens is 2. The molecule has 1 aromatic carbocycles. The zero-order valence-corrected chi connectivity index (χ0v) is 12.5. The SMILES string of the molecule is CCNC(CC)c1nnc(CCc2cccc(C)c2)o1. The Morgan fingerprint density at radius 2 is 2.05 bits per heavy atom. The Kier molecular flexibility index (Phi) is 5.30. The van der Waals surface area contributed by atoms with Gasteiger partial charge in [-0.25, -0.2) is 0 Å². The number of aryl methyl sites for hydroxylation is 3. The first-order valence-electron chi connectivity index (χ1n) is 7.34. The minimum absolute atomic E-state index is 0.167.